The van der Waals surface area contributed by atoms with Crippen LogP contribution in [-0.4, -0.2) is 77.6 Å². The molecule has 2 unspecified atom stereocenters. The van der Waals surface area contributed by atoms with E-state index in [4.69, 9.17) is 18.9 Å². The second kappa shape index (κ2) is 12.6. The quantitative estimate of drug-likeness (QED) is 0.289. The number of piperidine rings is 1. The number of ether oxygens (including phenoxy) is 4. The van der Waals surface area contributed by atoms with E-state index >= 15 is 0 Å². The third-order valence-corrected chi connectivity index (χ3v) is 7.66. The van der Waals surface area contributed by atoms with Gasteiger partial charge in [-0.05, 0) is 71.3 Å². The number of esters is 1. The zero-order valence-corrected chi connectivity index (χ0v) is 23.3. The van der Waals surface area contributed by atoms with E-state index in [-0.39, 0.29) is 43.5 Å². The van der Waals surface area contributed by atoms with Crippen molar-refractivity contribution in [2.24, 2.45) is 0 Å². The van der Waals surface area contributed by atoms with Gasteiger partial charge in [0.05, 0.1) is 43.2 Å². The van der Waals surface area contributed by atoms with Gasteiger partial charge in [0.2, 0.25) is 5.91 Å². The zero-order chi connectivity index (χ0) is 28.9. The van der Waals surface area contributed by atoms with Crippen molar-refractivity contribution in [2.45, 2.75) is 88.5 Å². The molecular weight excluding hydrogens is 523 g/mol. The molecule has 11 heteroatoms. The number of benzene rings is 1. The number of carboxylic acid groups (broad SMARTS) is 1. The molecule has 4 rings (SSSR count). The Morgan fingerprint density at radius 3 is 2.67 bits per heavy atom. The maximum atomic E-state index is 14.7. The first-order valence-electron chi connectivity index (χ1n) is 13.8. The molecule has 40 heavy (non-hydrogen) atoms. The molecule has 1 aromatic carbocycles. The van der Waals surface area contributed by atoms with Crippen LogP contribution in [0.5, 0.6) is 5.75 Å². The molecule has 2 atom stereocenters. The van der Waals surface area contributed by atoms with Gasteiger partial charge in [0.15, 0.2) is 11.6 Å². The van der Waals surface area contributed by atoms with E-state index in [0.717, 1.165) is 30.7 Å². The summed E-state index contributed by atoms with van der Waals surface area (Å²) in [6, 6.07) is 4.23. The van der Waals surface area contributed by atoms with Crippen LogP contribution in [0.4, 0.5) is 9.18 Å². The Bertz CT molecular complexity index is 1110. The lowest BCUT2D eigenvalue weighted by atomic mass is 9.80. The summed E-state index contributed by atoms with van der Waals surface area (Å²) in [5.74, 6) is -1.23. The third kappa shape index (κ3) is 7.31. The molecule has 2 heterocycles. The molecule has 10 nitrogen and oxygen atoms in total. The lowest BCUT2D eigenvalue weighted by molar-refractivity contribution is -0.148. The number of carbonyl (C=O) groups is 3. The Morgan fingerprint density at radius 1 is 1.25 bits per heavy atom. The number of morpholine rings is 1. The summed E-state index contributed by atoms with van der Waals surface area (Å²) in [6.07, 6.45) is 5.21. The van der Waals surface area contributed by atoms with E-state index in [1.807, 2.05) is 6.07 Å². The van der Waals surface area contributed by atoms with E-state index in [1.165, 1.54) is 11.0 Å². The van der Waals surface area contributed by atoms with Crippen molar-refractivity contribution < 1.29 is 42.8 Å². The lowest BCUT2D eigenvalue weighted by Crippen LogP contribution is -2.71. The molecular formula is C29H39FN2O8. The standard InChI is InChI=1S/C29H39FN2O8/c1-28(2,3)40-25(34)12-15-38-26-21(6-4-7-22(26)30)19-8-10-20(11-9-19)39-16-23-29(18-37-17-24(33)31-29)13-5-14-32(23)27(35)36/h4,6-7,12,15,19-20,23H,5,8-11,13-14,16-18H2,1-3H3,(H,31,33)(H,35,36)/b15-12+. The van der Waals surface area contributed by atoms with Gasteiger partial charge in [-0.3, -0.25) is 4.79 Å². The monoisotopic (exact) mass is 562 g/mol. The predicted molar refractivity (Wildman–Crippen MR) is 142 cm³/mol. The summed E-state index contributed by atoms with van der Waals surface area (Å²) < 4.78 is 37.3. The van der Waals surface area contributed by atoms with Crippen LogP contribution in [0.15, 0.2) is 30.5 Å². The van der Waals surface area contributed by atoms with Crippen molar-refractivity contribution in [1.82, 2.24) is 10.2 Å². The predicted octanol–water partition coefficient (Wildman–Crippen LogP) is 4.13. The number of carbonyl (C=O) groups excluding carboxylic acids is 2. The average Bonchev–Trinajstić information content (AvgIpc) is 2.88. The molecule has 0 radical (unpaired) electrons. The molecule has 3 fully saturated rings. The van der Waals surface area contributed by atoms with E-state index < -0.39 is 35.1 Å². The van der Waals surface area contributed by atoms with Crippen LogP contribution >= 0.6 is 0 Å². The number of likely N-dealkylation sites (tertiary alicyclic amines) is 1. The Labute approximate surface area is 233 Å². The topological polar surface area (TPSA) is 124 Å². The highest BCUT2D eigenvalue weighted by atomic mass is 19.1. The van der Waals surface area contributed by atoms with Gasteiger partial charge in [-0.15, -0.1) is 0 Å². The number of nitrogens with zero attached hydrogens (tertiary/aromatic N) is 1. The average molecular weight is 563 g/mol. The second-order valence-electron chi connectivity index (χ2n) is 11.7. The zero-order valence-electron chi connectivity index (χ0n) is 23.3. The Kier molecular flexibility index (Phi) is 9.35. The van der Waals surface area contributed by atoms with Crippen LogP contribution in [0.2, 0.25) is 0 Å². The van der Waals surface area contributed by atoms with Gasteiger partial charge in [0.25, 0.3) is 0 Å². The lowest BCUT2D eigenvalue weighted by Gasteiger charge is -2.50. The highest BCUT2D eigenvalue weighted by Crippen LogP contribution is 2.40. The molecule has 220 valence electrons. The SMILES string of the molecule is CC(C)(C)OC(=O)/C=C/Oc1c(F)cccc1C1CCC(OCC2N(C(=O)O)CCCC23COCC(=O)N3)CC1. The molecule has 1 spiro atoms. The number of hydrogen-bond acceptors (Lipinski definition) is 7. The molecule has 2 saturated heterocycles. The van der Waals surface area contributed by atoms with Crippen LogP contribution in [-0.2, 0) is 23.8 Å². The Morgan fingerprint density at radius 2 is 2.00 bits per heavy atom. The first-order chi connectivity index (χ1) is 19.0. The number of para-hydroxylation sites is 1. The molecule has 1 aliphatic carbocycles. The van der Waals surface area contributed by atoms with E-state index in [2.05, 4.69) is 5.32 Å². The smallest absolute Gasteiger partial charge is 0.407 e. The van der Waals surface area contributed by atoms with E-state index in [0.29, 0.717) is 32.2 Å². The highest BCUT2D eigenvalue weighted by molar-refractivity contribution is 5.82. The van der Waals surface area contributed by atoms with Crippen molar-refractivity contribution in [3.8, 4) is 5.75 Å². The number of halogens is 1. The molecule has 2 aliphatic heterocycles. The van der Waals surface area contributed by atoms with Crippen LogP contribution in [0.25, 0.3) is 0 Å². The Hall–Kier alpha value is -3.18. The van der Waals surface area contributed by atoms with Gasteiger partial charge in [0, 0.05) is 12.1 Å². The minimum atomic E-state index is -1.05. The van der Waals surface area contributed by atoms with Crippen LogP contribution in [0.1, 0.15) is 70.8 Å². The van der Waals surface area contributed by atoms with Gasteiger partial charge in [-0.25, -0.2) is 14.0 Å². The molecule has 0 bridgehead atoms. The van der Waals surface area contributed by atoms with Crippen molar-refractivity contribution in [1.29, 1.82) is 0 Å². The fraction of sp³-hybridized carbons (Fsp3) is 0.621. The molecule has 1 aromatic rings. The second-order valence-corrected chi connectivity index (χ2v) is 11.7. The molecule has 0 aromatic heterocycles. The number of amides is 2. The van der Waals surface area contributed by atoms with Crippen molar-refractivity contribution in [3.63, 3.8) is 0 Å². The minimum absolute atomic E-state index is 0.0306. The molecule has 1 saturated carbocycles. The van der Waals surface area contributed by atoms with Gasteiger partial charge in [0.1, 0.15) is 12.2 Å². The first kappa shape index (κ1) is 29.8. The number of rotatable bonds is 7. The summed E-state index contributed by atoms with van der Waals surface area (Å²) in [7, 11) is 0. The van der Waals surface area contributed by atoms with Crippen LogP contribution < -0.4 is 10.1 Å². The summed E-state index contributed by atoms with van der Waals surface area (Å²) in [6.45, 7) is 6.00. The molecule has 3 aliphatic rings. The summed E-state index contributed by atoms with van der Waals surface area (Å²) >= 11 is 0. The summed E-state index contributed by atoms with van der Waals surface area (Å²) in [5, 5.41) is 12.8. The minimum Gasteiger partial charge on any atom is -0.465 e. The van der Waals surface area contributed by atoms with Crippen molar-refractivity contribution in [3.05, 3.63) is 41.9 Å². The maximum Gasteiger partial charge on any atom is 0.407 e. The number of hydrogen-bond donors (Lipinski definition) is 2. The Balaban J connectivity index is 1.37. The van der Waals surface area contributed by atoms with Gasteiger partial charge in [-0.2, -0.15) is 0 Å². The summed E-state index contributed by atoms with van der Waals surface area (Å²) in [5.41, 5.74) is -0.728. The fourth-order valence-corrected chi connectivity index (χ4v) is 5.89. The van der Waals surface area contributed by atoms with E-state index in [1.54, 1.807) is 26.8 Å². The largest absolute Gasteiger partial charge is 0.465 e. The fourth-order valence-electron chi connectivity index (χ4n) is 5.89. The third-order valence-electron chi connectivity index (χ3n) is 7.66. The van der Waals surface area contributed by atoms with Crippen molar-refractivity contribution >= 4 is 18.0 Å². The van der Waals surface area contributed by atoms with Crippen LogP contribution in [0.3, 0.4) is 0 Å². The normalized spacial score (nSPS) is 27.4. The molecule has 2 N–H and O–H groups in total. The first-order valence-corrected chi connectivity index (χ1v) is 13.8. The van der Waals surface area contributed by atoms with Crippen LogP contribution in [0, 0.1) is 5.82 Å². The van der Waals surface area contributed by atoms with Gasteiger partial charge >= 0.3 is 12.1 Å². The molecule has 2 amide bonds. The number of nitrogens with one attached hydrogen (secondary N) is 1. The highest BCUT2D eigenvalue weighted by Gasteiger charge is 2.49. The summed E-state index contributed by atoms with van der Waals surface area (Å²) in [4.78, 5) is 37.4. The maximum absolute atomic E-state index is 14.7. The van der Waals surface area contributed by atoms with Gasteiger partial charge in [-0.1, -0.05) is 12.1 Å². The van der Waals surface area contributed by atoms with E-state index in [9.17, 15) is 23.9 Å². The van der Waals surface area contributed by atoms with Crippen molar-refractivity contribution in [2.75, 3.05) is 26.4 Å². The van der Waals surface area contributed by atoms with Gasteiger partial charge < -0.3 is 34.3 Å².